The van der Waals surface area contributed by atoms with Crippen LogP contribution in [0.5, 0.6) is 0 Å². The third kappa shape index (κ3) is 4.51. The van der Waals surface area contributed by atoms with E-state index in [1.54, 1.807) is 19.0 Å². The molecule has 4 nitrogen and oxygen atoms in total. The minimum absolute atomic E-state index is 0.0447. The van der Waals surface area contributed by atoms with Crippen molar-refractivity contribution in [2.24, 2.45) is 0 Å². The van der Waals surface area contributed by atoms with E-state index in [4.69, 9.17) is 0 Å². The highest BCUT2D eigenvalue weighted by atomic mass is 32.2. The van der Waals surface area contributed by atoms with Gasteiger partial charge < -0.3 is 10.0 Å². The lowest BCUT2D eigenvalue weighted by atomic mass is 10.1. The van der Waals surface area contributed by atoms with Crippen LogP contribution in [-0.4, -0.2) is 53.4 Å². The van der Waals surface area contributed by atoms with E-state index in [1.165, 1.54) is 17.3 Å². The summed E-state index contributed by atoms with van der Waals surface area (Å²) in [6.07, 6.45) is 1.58. The molecule has 0 unspecified atom stereocenters. The van der Waals surface area contributed by atoms with Crippen molar-refractivity contribution >= 4 is 17.0 Å². The molecule has 1 saturated heterocycles. The summed E-state index contributed by atoms with van der Waals surface area (Å²) in [5.74, 6) is 0. The smallest absolute Gasteiger partial charge is 0.285 e. The number of rotatable bonds is 3. The van der Waals surface area contributed by atoms with Crippen molar-refractivity contribution in [2.45, 2.75) is 30.4 Å². The van der Waals surface area contributed by atoms with Gasteiger partial charge in [-0.2, -0.15) is 0 Å². The van der Waals surface area contributed by atoms with Gasteiger partial charge in [-0.25, -0.2) is 0 Å². The van der Waals surface area contributed by atoms with Gasteiger partial charge in [-0.05, 0) is 42.3 Å². The highest BCUT2D eigenvalue weighted by Crippen LogP contribution is 2.22. The van der Waals surface area contributed by atoms with E-state index in [1.807, 2.05) is 12.1 Å². The van der Waals surface area contributed by atoms with Gasteiger partial charge in [0.05, 0.1) is 6.10 Å². The van der Waals surface area contributed by atoms with Gasteiger partial charge in [0.1, 0.15) is 0 Å². The highest BCUT2D eigenvalue weighted by Gasteiger charge is 2.17. The molecule has 0 aliphatic carbocycles. The van der Waals surface area contributed by atoms with Gasteiger partial charge in [0, 0.05) is 38.6 Å². The van der Waals surface area contributed by atoms with Crippen LogP contribution < -0.4 is 0 Å². The summed E-state index contributed by atoms with van der Waals surface area (Å²) in [6.45, 7) is 2.77. The van der Waals surface area contributed by atoms with Gasteiger partial charge in [0.25, 0.3) is 5.24 Å². The number of piperidine rings is 1. The Labute approximate surface area is 124 Å². The zero-order valence-electron chi connectivity index (χ0n) is 12.1. The Morgan fingerprint density at radius 3 is 2.75 bits per heavy atom. The molecule has 1 amide bonds. The number of likely N-dealkylation sites (tertiary alicyclic amines) is 1. The maximum Gasteiger partial charge on any atom is 0.285 e. The molecule has 0 spiro atoms. The highest BCUT2D eigenvalue weighted by molar-refractivity contribution is 8.13. The van der Waals surface area contributed by atoms with Crippen molar-refractivity contribution in [2.75, 3.05) is 27.2 Å². The molecule has 1 N–H and O–H groups in total. The molecule has 5 heteroatoms. The Hall–Kier alpha value is -1.04. The summed E-state index contributed by atoms with van der Waals surface area (Å²) in [6, 6.07) is 8.14. The maximum absolute atomic E-state index is 11.7. The number of hydrogen-bond donors (Lipinski definition) is 1. The molecule has 1 fully saturated rings. The molecule has 1 heterocycles. The van der Waals surface area contributed by atoms with E-state index in [9.17, 15) is 9.90 Å². The van der Waals surface area contributed by atoms with E-state index >= 15 is 0 Å². The van der Waals surface area contributed by atoms with Crippen molar-refractivity contribution in [1.29, 1.82) is 0 Å². The van der Waals surface area contributed by atoms with Crippen LogP contribution in [0, 0.1) is 0 Å². The second-order valence-corrected chi connectivity index (χ2v) is 6.44. The number of hydrogen-bond acceptors (Lipinski definition) is 4. The topological polar surface area (TPSA) is 43.8 Å². The van der Waals surface area contributed by atoms with Crippen LogP contribution in [0.15, 0.2) is 29.2 Å². The van der Waals surface area contributed by atoms with E-state index in [-0.39, 0.29) is 11.3 Å². The number of aliphatic hydroxyl groups is 1. The Balaban J connectivity index is 1.94. The molecule has 1 aliphatic rings. The van der Waals surface area contributed by atoms with Crippen LogP contribution >= 0.6 is 11.8 Å². The van der Waals surface area contributed by atoms with Crippen molar-refractivity contribution in [3.63, 3.8) is 0 Å². The number of carbonyl (C=O) groups is 1. The van der Waals surface area contributed by atoms with Crippen LogP contribution in [0.4, 0.5) is 4.79 Å². The van der Waals surface area contributed by atoms with Gasteiger partial charge in [-0.15, -0.1) is 0 Å². The molecule has 0 atom stereocenters. The summed E-state index contributed by atoms with van der Waals surface area (Å²) < 4.78 is 0. The fraction of sp³-hybridized carbons (Fsp3) is 0.533. The first-order valence-corrected chi connectivity index (χ1v) is 7.75. The number of carbonyl (C=O) groups excluding carboxylic acids is 1. The SMILES string of the molecule is CN(C)C(=O)Sc1cccc(CN2CCC(O)CC2)c1. The Bertz CT molecular complexity index is 457. The molecule has 1 aliphatic heterocycles. The molecule has 0 bridgehead atoms. The summed E-state index contributed by atoms with van der Waals surface area (Å²) in [4.78, 5) is 16.6. The number of nitrogens with zero attached hydrogens (tertiary/aromatic N) is 2. The second-order valence-electron chi connectivity index (χ2n) is 5.42. The first-order chi connectivity index (χ1) is 9.54. The van der Waals surface area contributed by atoms with Crippen molar-refractivity contribution < 1.29 is 9.90 Å². The monoisotopic (exact) mass is 294 g/mol. The maximum atomic E-state index is 11.7. The molecule has 2 rings (SSSR count). The normalized spacial score (nSPS) is 17.1. The number of thioether (sulfide) groups is 1. The van der Waals surface area contributed by atoms with Gasteiger partial charge in [0.2, 0.25) is 0 Å². The van der Waals surface area contributed by atoms with Crippen LogP contribution in [0.25, 0.3) is 0 Å². The number of amides is 1. The molecular weight excluding hydrogens is 272 g/mol. The van der Waals surface area contributed by atoms with Crippen LogP contribution in [0.1, 0.15) is 18.4 Å². The molecule has 110 valence electrons. The Morgan fingerprint density at radius 2 is 2.10 bits per heavy atom. The largest absolute Gasteiger partial charge is 0.393 e. The summed E-state index contributed by atoms with van der Waals surface area (Å²) >= 11 is 1.26. The fourth-order valence-electron chi connectivity index (χ4n) is 2.24. The van der Waals surface area contributed by atoms with Crippen molar-refractivity contribution in [3.05, 3.63) is 29.8 Å². The zero-order chi connectivity index (χ0) is 14.5. The predicted molar refractivity (Wildman–Crippen MR) is 81.9 cm³/mol. The molecule has 0 saturated carbocycles. The Morgan fingerprint density at radius 1 is 1.40 bits per heavy atom. The average molecular weight is 294 g/mol. The summed E-state index contributed by atoms with van der Waals surface area (Å²) in [5, 5.41) is 9.56. The minimum atomic E-state index is -0.133. The molecule has 1 aromatic carbocycles. The molecule has 0 radical (unpaired) electrons. The lowest BCUT2D eigenvalue weighted by Gasteiger charge is -2.29. The first-order valence-electron chi connectivity index (χ1n) is 6.93. The van der Waals surface area contributed by atoms with Gasteiger partial charge in [-0.1, -0.05) is 12.1 Å². The summed E-state index contributed by atoms with van der Waals surface area (Å²) in [7, 11) is 3.52. The fourth-order valence-corrected chi connectivity index (χ4v) is 2.98. The van der Waals surface area contributed by atoms with Crippen LogP contribution in [0.2, 0.25) is 0 Å². The molecule has 1 aromatic rings. The van der Waals surface area contributed by atoms with E-state index in [0.29, 0.717) is 0 Å². The Kier molecular flexibility index (Phi) is 5.46. The predicted octanol–water partition coefficient (Wildman–Crippen LogP) is 2.42. The quantitative estimate of drug-likeness (QED) is 0.870. The third-order valence-electron chi connectivity index (χ3n) is 3.43. The van der Waals surface area contributed by atoms with Crippen LogP contribution in [-0.2, 0) is 6.54 Å². The van der Waals surface area contributed by atoms with E-state index < -0.39 is 0 Å². The van der Waals surface area contributed by atoms with Gasteiger partial charge in [0.15, 0.2) is 0 Å². The van der Waals surface area contributed by atoms with E-state index in [0.717, 1.165) is 37.4 Å². The molecular formula is C15H22N2O2S. The average Bonchev–Trinajstić information content (AvgIpc) is 2.42. The second kappa shape index (κ2) is 7.11. The third-order valence-corrected chi connectivity index (χ3v) is 4.46. The first kappa shape index (κ1) is 15.4. The lowest BCUT2D eigenvalue weighted by molar-refractivity contribution is 0.0792. The van der Waals surface area contributed by atoms with Crippen molar-refractivity contribution in [1.82, 2.24) is 9.80 Å². The van der Waals surface area contributed by atoms with Crippen LogP contribution in [0.3, 0.4) is 0 Å². The molecule has 20 heavy (non-hydrogen) atoms. The summed E-state index contributed by atoms with van der Waals surface area (Å²) in [5.41, 5.74) is 1.22. The molecule has 0 aromatic heterocycles. The number of benzene rings is 1. The number of aliphatic hydroxyl groups excluding tert-OH is 1. The van der Waals surface area contributed by atoms with E-state index in [2.05, 4.69) is 17.0 Å². The van der Waals surface area contributed by atoms with Crippen molar-refractivity contribution in [3.8, 4) is 0 Å². The van der Waals surface area contributed by atoms with Gasteiger partial charge in [-0.3, -0.25) is 9.69 Å². The minimum Gasteiger partial charge on any atom is -0.393 e. The lowest BCUT2D eigenvalue weighted by Crippen LogP contribution is -2.35. The standard InChI is InChI=1S/C15H22N2O2S/c1-16(2)15(19)20-14-5-3-4-12(10-14)11-17-8-6-13(18)7-9-17/h3-5,10,13,18H,6-9,11H2,1-2H3. The zero-order valence-corrected chi connectivity index (χ0v) is 12.9. The van der Waals surface area contributed by atoms with Gasteiger partial charge >= 0.3 is 0 Å².